The molecule has 0 saturated carbocycles. The Labute approximate surface area is 287 Å². The van der Waals surface area contributed by atoms with Crippen molar-refractivity contribution in [3.63, 3.8) is 0 Å². The van der Waals surface area contributed by atoms with Crippen LogP contribution in [0, 0.1) is 0 Å². The van der Waals surface area contributed by atoms with Gasteiger partial charge in [0, 0.05) is 48.0 Å². The van der Waals surface area contributed by atoms with Gasteiger partial charge in [-0.1, -0.05) is 152 Å². The molecule has 0 atom stereocenters. The van der Waals surface area contributed by atoms with Gasteiger partial charge in [0.1, 0.15) is 11.5 Å². The second-order valence-corrected chi connectivity index (χ2v) is 14.2. The Balaban J connectivity index is 1.19. The molecule has 0 bridgehead atoms. The average Bonchev–Trinajstić information content (AvgIpc) is 3.55. The molecule has 9 aromatic carbocycles. The smallest absolute Gasteiger partial charge is 0.140 e. The van der Waals surface area contributed by atoms with Crippen LogP contribution >= 0.6 is 11.3 Å². The van der Waals surface area contributed by atoms with Crippen molar-refractivity contribution in [2.24, 2.45) is 0 Å². The molecule has 1 aliphatic heterocycles. The molecular weight excluding hydrogens is 613 g/mol. The monoisotopic (exact) mass is 640 g/mol. The van der Waals surface area contributed by atoms with Crippen LogP contribution in [0.25, 0.3) is 74.4 Å². The van der Waals surface area contributed by atoms with Crippen molar-refractivity contribution >= 4 is 74.6 Å². The van der Waals surface area contributed by atoms with Crippen LogP contribution in [0.5, 0.6) is 11.5 Å². The highest BCUT2D eigenvalue weighted by Gasteiger charge is 2.35. The molecule has 0 amide bonds. The van der Waals surface area contributed by atoms with Gasteiger partial charge in [-0.3, -0.25) is 0 Å². The zero-order chi connectivity index (χ0) is 32.1. The van der Waals surface area contributed by atoms with Crippen molar-refractivity contribution in [3.8, 4) is 22.6 Å². The Morgan fingerprint density at radius 2 is 0.776 bits per heavy atom. The van der Waals surface area contributed by atoms with E-state index in [9.17, 15) is 0 Å². The van der Waals surface area contributed by atoms with Crippen molar-refractivity contribution in [2.75, 3.05) is 0 Å². The molecule has 228 valence electrons. The molecule has 1 nitrogen and oxygen atoms in total. The van der Waals surface area contributed by atoms with E-state index in [1.54, 1.807) is 0 Å². The van der Waals surface area contributed by atoms with E-state index in [1.165, 1.54) is 80.3 Å². The zero-order valence-corrected chi connectivity index (χ0v) is 27.3. The minimum atomic E-state index is -0.0260. The SMILES string of the molecule is c1ccc2c(c1)sc1cc(-c3ccc(C4c5c(c6ccccc6c6ccccc56)Oc5c4c4ccccc4c4ccccc54)cc3)ccc12. The maximum Gasteiger partial charge on any atom is 0.140 e. The molecule has 0 radical (unpaired) electrons. The van der Waals surface area contributed by atoms with Crippen LogP contribution in [0.2, 0.25) is 0 Å². The van der Waals surface area contributed by atoms with Gasteiger partial charge in [-0.05, 0) is 61.1 Å². The van der Waals surface area contributed by atoms with Gasteiger partial charge in [0.25, 0.3) is 0 Å². The summed E-state index contributed by atoms with van der Waals surface area (Å²) < 4.78 is 9.89. The summed E-state index contributed by atoms with van der Waals surface area (Å²) in [6.45, 7) is 0. The van der Waals surface area contributed by atoms with Crippen LogP contribution in [-0.4, -0.2) is 0 Å². The second-order valence-electron chi connectivity index (χ2n) is 13.1. The van der Waals surface area contributed by atoms with E-state index >= 15 is 0 Å². The number of benzene rings is 9. The predicted octanol–water partition coefficient (Wildman–Crippen LogP) is 13.6. The van der Waals surface area contributed by atoms with Gasteiger partial charge in [0.2, 0.25) is 0 Å². The molecule has 0 spiro atoms. The Morgan fingerprint density at radius 1 is 0.347 bits per heavy atom. The van der Waals surface area contributed by atoms with Gasteiger partial charge in [-0.25, -0.2) is 0 Å². The lowest BCUT2D eigenvalue weighted by Crippen LogP contribution is -2.14. The fraction of sp³-hybridized carbons (Fsp3) is 0.0213. The van der Waals surface area contributed by atoms with E-state index in [2.05, 4.69) is 164 Å². The molecule has 0 aliphatic carbocycles. The molecular formula is C47H28OS. The summed E-state index contributed by atoms with van der Waals surface area (Å²) in [6.07, 6.45) is 0. The van der Waals surface area contributed by atoms with Crippen molar-refractivity contribution < 1.29 is 4.74 Å². The highest BCUT2D eigenvalue weighted by atomic mass is 32.1. The quantitative estimate of drug-likeness (QED) is 0.171. The maximum absolute atomic E-state index is 7.23. The van der Waals surface area contributed by atoms with Crippen LogP contribution in [0.1, 0.15) is 22.6 Å². The first kappa shape index (κ1) is 27.0. The normalized spacial score (nSPS) is 13.0. The molecule has 0 fully saturated rings. The van der Waals surface area contributed by atoms with Crippen molar-refractivity contribution in [3.05, 3.63) is 180 Å². The van der Waals surface area contributed by atoms with Crippen molar-refractivity contribution in [1.29, 1.82) is 0 Å². The Bertz CT molecular complexity index is 2840. The fourth-order valence-corrected chi connectivity index (χ4v) is 9.56. The molecule has 2 heteroatoms. The van der Waals surface area contributed by atoms with Gasteiger partial charge in [-0.15, -0.1) is 11.3 Å². The van der Waals surface area contributed by atoms with E-state index in [4.69, 9.17) is 4.74 Å². The Hall–Kier alpha value is -5.96. The summed E-state index contributed by atoms with van der Waals surface area (Å²) in [4.78, 5) is 0. The maximum atomic E-state index is 7.23. The van der Waals surface area contributed by atoms with E-state index < -0.39 is 0 Å². The molecule has 11 rings (SSSR count). The van der Waals surface area contributed by atoms with Gasteiger partial charge >= 0.3 is 0 Å². The lowest BCUT2D eigenvalue weighted by Gasteiger charge is -2.33. The topological polar surface area (TPSA) is 9.23 Å². The van der Waals surface area contributed by atoms with Crippen LogP contribution in [0.3, 0.4) is 0 Å². The van der Waals surface area contributed by atoms with Crippen LogP contribution in [0.4, 0.5) is 0 Å². The average molecular weight is 641 g/mol. The van der Waals surface area contributed by atoms with E-state index in [1.807, 2.05) is 11.3 Å². The van der Waals surface area contributed by atoms with Crippen molar-refractivity contribution in [2.45, 2.75) is 5.92 Å². The van der Waals surface area contributed by atoms with Gasteiger partial charge in [0.15, 0.2) is 0 Å². The third-order valence-electron chi connectivity index (χ3n) is 10.6. The number of fused-ring (bicyclic) bond motifs is 15. The molecule has 49 heavy (non-hydrogen) atoms. The number of thiophene rings is 1. The van der Waals surface area contributed by atoms with Gasteiger partial charge < -0.3 is 4.74 Å². The summed E-state index contributed by atoms with van der Waals surface area (Å²) in [5.74, 6) is 1.90. The summed E-state index contributed by atoms with van der Waals surface area (Å²) in [7, 11) is 0. The largest absolute Gasteiger partial charge is 0.455 e. The summed E-state index contributed by atoms with van der Waals surface area (Å²) in [5, 5.41) is 12.4. The van der Waals surface area contributed by atoms with Crippen molar-refractivity contribution in [1.82, 2.24) is 0 Å². The van der Waals surface area contributed by atoms with Gasteiger partial charge in [-0.2, -0.15) is 0 Å². The van der Waals surface area contributed by atoms with Crippen LogP contribution in [0.15, 0.2) is 164 Å². The van der Waals surface area contributed by atoms with E-state index in [-0.39, 0.29) is 5.92 Å². The lowest BCUT2D eigenvalue weighted by atomic mass is 9.76. The third-order valence-corrected chi connectivity index (χ3v) is 11.7. The molecule has 1 aromatic heterocycles. The first-order valence-corrected chi connectivity index (χ1v) is 17.7. The predicted molar refractivity (Wildman–Crippen MR) is 209 cm³/mol. The molecule has 2 heterocycles. The third kappa shape index (κ3) is 3.87. The van der Waals surface area contributed by atoms with Crippen LogP contribution in [-0.2, 0) is 0 Å². The van der Waals surface area contributed by atoms with E-state index in [0.717, 1.165) is 22.3 Å². The Morgan fingerprint density at radius 3 is 1.35 bits per heavy atom. The summed E-state index contributed by atoms with van der Waals surface area (Å²) >= 11 is 1.87. The first-order valence-electron chi connectivity index (χ1n) is 16.9. The molecule has 1 aliphatic rings. The molecule has 0 unspecified atom stereocenters. The Kier molecular flexibility index (Phi) is 5.67. The highest BCUT2D eigenvalue weighted by Crippen LogP contribution is 2.57. The number of rotatable bonds is 2. The minimum Gasteiger partial charge on any atom is -0.455 e. The lowest BCUT2D eigenvalue weighted by molar-refractivity contribution is 0.467. The number of hydrogen-bond donors (Lipinski definition) is 0. The highest BCUT2D eigenvalue weighted by molar-refractivity contribution is 7.25. The molecule has 0 saturated heterocycles. The molecule has 10 aromatic rings. The summed E-state index contributed by atoms with van der Waals surface area (Å²) in [6, 6.07) is 60.1. The van der Waals surface area contributed by atoms with Crippen LogP contribution < -0.4 is 4.74 Å². The zero-order valence-electron chi connectivity index (χ0n) is 26.5. The fourth-order valence-electron chi connectivity index (χ4n) is 8.42. The standard InChI is InChI=1S/C47H28OS/c1-5-16-37-31(11-1)33-13-3-7-18-39(33)46-44(37)43(45-38-17-6-2-12-32(38)34-14-4-8-19-40(34)47(45)48-46)29-23-21-28(22-24-29)30-25-26-36-35-15-9-10-20-41(35)49-42(36)27-30/h1-27,43H. The minimum absolute atomic E-state index is 0.0260. The van der Waals surface area contributed by atoms with Gasteiger partial charge in [0.05, 0.1) is 0 Å². The summed E-state index contributed by atoms with van der Waals surface area (Å²) in [5.41, 5.74) is 6.20. The number of hydrogen-bond acceptors (Lipinski definition) is 2. The first-order chi connectivity index (χ1) is 24.3. The van der Waals surface area contributed by atoms with E-state index in [0.29, 0.717) is 0 Å². The molecule has 0 N–H and O–H groups in total. The second kappa shape index (κ2) is 10.3. The number of ether oxygens (including phenoxy) is 1.